The summed E-state index contributed by atoms with van der Waals surface area (Å²) in [7, 11) is 1.69. The van der Waals surface area contributed by atoms with Crippen LogP contribution in [0.5, 0.6) is 0 Å². The van der Waals surface area contributed by atoms with Crippen LogP contribution in [0.15, 0.2) is 0 Å². The highest BCUT2D eigenvalue weighted by Gasteiger charge is 2.69. The van der Waals surface area contributed by atoms with Crippen LogP contribution in [0.25, 0.3) is 0 Å². The number of likely N-dealkylation sites (N-methyl/N-ethyl adjacent to an activating group) is 1. The predicted molar refractivity (Wildman–Crippen MR) is 74.0 cm³/mol. The van der Waals surface area contributed by atoms with Crippen LogP contribution >= 0.6 is 0 Å². The Labute approximate surface area is 121 Å². The van der Waals surface area contributed by atoms with Gasteiger partial charge >= 0.3 is 0 Å². The van der Waals surface area contributed by atoms with Crippen LogP contribution in [-0.2, 0) is 14.2 Å². The predicted octanol–water partition coefficient (Wildman–Crippen LogP) is 1.06. The zero-order chi connectivity index (χ0) is 14.5. The fourth-order valence-electron chi connectivity index (χ4n) is 4.46. The van der Waals surface area contributed by atoms with Gasteiger partial charge in [0.15, 0.2) is 12.6 Å². The second-order valence-corrected chi connectivity index (χ2v) is 6.44. The molecule has 4 rings (SSSR count). The van der Waals surface area contributed by atoms with Crippen molar-refractivity contribution < 1.29 is 19.3 Å². The van der Waals surface area contributed by atoms with Crippen molar-refractivity contribution in [3.8, 4) is 0 Å². The minimum atomic E-state index is -0.521. The summed E-state index contributed by atoms with van der Waals surface area (Å²) in [5.74, 6) is 0.884. The van der Waals surface area contributed by atoms with Crippen molar-refractivity contribution in [2.24, 2.45) is 17.8 Å². The van der Waals surface area contributed by atoms with Crippen LogP contribution in [0.3, 0.4) is 0 Å². The second-order valence-electron chi connectivity index (χ2n) is 6.44. The van der Waals surface area contributed by atoms with Crippen molar-refractivity contribution in [2.45, 2.75) is 51.5 Å². The van der Waals surface area contributed by atoms with E-state index in [1.54, 1.807) is 7.11 Å². The molecule has 0 aromatic carbocycles. The van der Waals surface area contributed by atoms with Crippen LogP contribution in [0.2, 0.25) is 0 Å². The molecule has 1 saturated carbocycles. The molecule has 4 bridgehead atoms. The van der Waals surface area contributed by atoms with Gasteiger partial charge in [0.25, 0.3) is 0 Å². The molecule has 4 aliphatic rings. The molecule has 7 atom stereocenters. The Morgan fingerprint density at radius 3 is 2.65 bits per heavy atom. The number of aliphatic hydroxyl groups excluding tert-OH is 1. The Balaban J connectivity index is 1.92. The maximum absolute atomic E-state index is 10.7. The van der Waals surface area contributed by atoms with Crippen molar-refractivity contribution in [1.82, 2.24) is 4.90 Å². The lowest BCUT2D eigenvalue weighted by Crippen LogP contribution is -2.68. The smallest absolute Gasteiger partial charge is 0.166 e. The monoisotopic (exact) mass is 285 g/mol. The van der Waals surface area contributed by atoms with Gasteiger partial charge in [-0.15, -0.1) is 0 Å². The number of hydrogen-bond donors (Lipinski definition) is 1. The largest absolute Gasteiger partial charge is 0.390 e. The Kier molecular flexibility index (Phi) is 3.84. The highest BCUT2D eigenvalue weighted by atomic mass is 16.8. The lowest BCUT2D eigenvalue weighted by molar-refractivity contribution is -0.410. The van der Waals surface area contributed by atoms with Crippen LogP contribution in [-0.4, -0.2) is 61.0 Å². The van der Waals surface area contributed by atoms with E-state index in [1.165, 1.54) is 0 Å². The fraction of sp³-hybridized carbons (Fsp3) is 1.00. The molecule has 3 aliphatic heterocycles. The van der Waals surface area contributed by atoms with Gasteiger partial charge in [0.1, 0.15) is 5.60 Å². The van der Waals surface area contributed by atoms with Crippen LogP contribution < -0.4 is 0 Å². The van der Waals surface area contributed by atoms with E-state index >= 15 is 0 Å². The van der Waals surface area contributed by atoms with Gasteiger partial charge < -0.3 is 24.2 Å². The van der Waals surface area contributed by atoms with Gasteiger partial charge in [0, 0.05) is 25.5 Å². The second kappa shape index (κ2) is 5.21. The number of ether oxygens (including phenoxy) is 3. The summed E-state index contributed by atoms with van der Waals surface area (Å²) in [4.78, 5) is 2.32. The number of fused-ring (bicyclic) bond motifs is 1. The van der Waals surface area contributed by atoms with Gasteiger partial charge in [0.05, 0.1) is 6.10 Å². The van der Waals surface area contributed by atoms with Gasteiger partial charge in [-0.3, -0.25) is 0 Å². The van der Waals surface area contributed by atoms with Crippen molar-refractivity contribution >= 4 is 0 Å². The molecule has 5 nitrogen and oxygen atoms in total. The summed E-state index contributed by atoms with van der Waals surface area (Å²) in [5, 5.41) is 10.7. The van der Waals surface area contributed by atoms with Crippen molar-refractivity contribution in [3.05, 3.63) is 0 Å². The topological polar surface area (TPSA) is 51.2 Å². The normalized spacial score (nSPS) is 50.1. The first-order valence-corrected chi connectivity index (χ1v) is 7.83. The van der Waals surface area contributed by atoms with E-state index in [-0.39, 0.29) is 18.5 Å². The summed E-state index contributed by atoms with van der Waals surface area (Å²) in [6.07, 6.45) is -0.121. The molecule has 0 aromatic heterocycles. The molecular weight excluding hydrogens is 258 g/mol. The molecule has 5 heteroatoms. The molecule has 0 spiro atoms. The van der Waals surface area contributed by atoms with E-state index < -0.39 is 11.7 Å². The van der Waals surface area contributed by atoms with Gasteiger partial charge in [-0.25, -0.2) is 0 Å². The molecule has 3 saturated heterocycles. The van der Waals surface area contributed by atoms with Crippen LogP contribution in [0, 0.1) is 17.8 Å². The first kappa shape index (κ1) is 14.7. The van der Waals surface area contributed by atoms with E-state index in [4.69, 9.17) is 14.2 Å². The summed E-state index contributed by atoms with van der Waals surface area (Å²) in [5.41, 5.74) is -0.521. The number of rotatable bonds is 5. The Hall–Kier alpha value is -0.200. The Bertz CT molecular complexity index is 362. The average molecular weight is 285 g/mol. The minimum Gasteiger partial charge on any atom is -0.390 e. The zero-order valence-corrected chi connectivity index (χ0v) is 12.9. The molecule has 0 aromatic rings. The molecule has 4 fully saturated rings. The Morgan fingerprint density at radius 2 is 2.05 bits per heavy atom. The van der Waals surface area contributed by atoms with Gasteiger partial charge in [0.2, 0.25) is 0 Å². The first-order chi connectivity index (χ1) is 9.57. The number of methoxy groups -OCH3 is 1. The highest BCUT2D eigenvalue weighted by molar-refractivity contribution is 5.13. The molecule has 116 valence electrons. The van der Waals surface area contributed by atoms with Crippen molar-refractivity contribution in [3.63, 3.8) is 0 Å². The fourth-order valence-corrected chi connectivity index (χ4v) is 4.46. The third kappa shape index (κ3) is 1.87. The van der Waals surface area contributed by atoms with E-state index in [9.17, 15) is 5.11 Å². The average Bonchev–Trinajstić information content (AvgIpc) is 2.71. The highest BCUT2D eigenvalue weighted by Crippen LogP contribution is 2.58. The molecule has 20 heavy (non-hydrogen) atoms. The molecule has 1 aliphatic carbocycles. The zero-order valence-electron chi connectivity index (χ0n) is 12.9. The SMILES string of the molecule is CCN(CC)CC12OC3OC(OC)C1C(C[C@H]2O)C3C. The number of nitrogens with zero attached hydrogens (tertiary/aromatic N) is 1. The lowest BCUT2D eigenvalue weighted by atomic mass is 9.73. The summed E-state index contributed by atoms with van der Waals surface area (Å²) < 4.78 is 17.7. The number of hydrogen-bond acceptors (Lipinski definition) is 5. The third-order valence-corrected chi connectivity index (χ3v) is 5.68. The Morgan fingerprint density at radius 1 is 1.35 bits per heavy atom. The first-order valence-electron chi connectivity index (χ1n) is 7.83. The molecular formula is C15H27NO4. The quantitative estimate of drug-likeness (QED) is 0.818. The maximum atomic E-state index is 10.7. The van der Waals surface area contributed by atoms with Gasteiger partial charge in [-0.05, 0) is 25.4 Å². The van der Waals surface area contributed by atoms with Crippen LogP contribution in [0.4, 0.5) is 0 Å². The molecule has 6 unspecified atom stereocenters. The standard InChI is InChI=1S/C15H27NO4/c1-5-16(6-2)8-15-11(17)7-10-9(3)13(20-15)19-14(18-4)12(10)15/h9-14,17H,5-8H2,1-4H3/t9?,10?,11-,12?,13?,14?,15?/m1/s1. The van der Waals surface area contributed by atoms with Crippen molar-refractivity contribution in [1.29, 1.82) is 0 Å². The molecule has 3 heterocycles. The molecule has 0 radical (unpaired) electrons. The maximum Gasteiger partial charge on any atom is 0.166 e. The molecule has 0 amide bonds. The third-order valence-electron chi connectivity index (χ3n) is 5.68. The summed E-state index contributed by atoms with van der Waals surface area (Å²) >= 11 is 0. The van der Waals surface area contributed by atoms with Crippen LogP contribution in [0.1, 0.15) is 27.2 Å². The summed E-state index contributed by atoms with van der Waals surface area (Å²) in [6, 6.07) is 0. The number of aliphatic hydroxyl groups is 1. The van der Waals surface area contributed by atoms with Gasteiger partial charge in [-0.1, -0.05) is 20.8 Å². The van der Waals surface area contributed by atoms with E-state index in [2.05, 4.69) is 25.7 Å². The lowest BCUT2D eigenvalue weighted by Gasteiger charge is -2.56. The summed E-state index contributed by atoms with van der Waals surface area (Å²) in [6.45, 7) is 9.14. The van der Waals surface area contributed by atoms with Gasteiger partial charge in [-0.2, -0.15) is 0 Å². The van der Waals surface area contributed by atoms with E-state index in [1.807, 2.05) is 0 Å². The van der Waals surface area contributed by atoms with E-state index in [0.29, 0.717) is 11.8 Å². The van der Waals surface area contributed by atoms with E-state index in [0.717, 1.165) is 26.1 Å². The minimum absolute atomic E-state index is 0.128. The molecule has 1 N–H and O–H groups in total. The van der Waals surface area contributed by atoms with Crippen molar-refractivity contribution in [2.75, 3.05) is 26.7 Å².